The molecule has 2 aromatic carbocycles. The van der Waals surface area contributed by atoms with Crippen LogP contribution in [0, 0.1) is 19.7 Å². The van der Waals surface area contributed by atoms with Crippen molar-refractivity contribution >= 4 is 16.8 Å². The first-order valence-electron chi connectivity index (χ1n) is 9.61. The Labute approximate surface area is 177 Å². The number of Topliss-reactive ketones (excluding diaryl/α,β-unsaturated/α-hetero) is 1. The lowest BCUT2D eigenvalue weighted by atomic mass is 10.1. The van der Waals surface area contributed by atoms with Crippen LogP contribution in [0.25, 0.3) is 11.0 Å². The van der Waals surface area contributed by atoms with Crippen LogP contribution in [-0.2, 0) is 7.05 Å². The SMILES string of the molecule is Cc1cc(C(=O)COc2ccc3c(=O)c(Oc4ccc(F)cc4)coc3c2)c(C)n1C. The Morgan fingerprint density at radius 1 is 1.06 bits per heavy atom. The number of hydrogen-bond donors (Lipinski definition) is 0. The summed E-state index contributed by atoms with van der Waals surface area (Å²) in [7, 11) is 1.90. The highest BCUT2D eigenvalue weighted by atomic mass is 19.1. The van der Waals surface area contributed by atoms with Gasteiger partial charge in [-0.2, -0.15) is 0 Å². The number of ketones is 1. The molecule has 0 aliphatic heterocycles. The lowest BCUT2D eigenvalue weighted by molar-refractivity contribution is 0.0921. The molecule has 4 aromatic rings. The zero-order valence-electron chi connectivity index (χ0n) is 17.3. The summed E-state index contributed by atoms with van der Waals surface area (Å²) < 4.78 is 31.6. The molecule has 7 heteroatoms. The minimum atomic E-state index is -0.401. The molecule has 6 nitrogen and oxygen atoms in total. The second-order valence-electron chi connectivity index (χ2n) is 7.20. The molecule has 0 radical (unpaired) electrons. The highest BCUT2D eigenvalue weighted by Gasteiger charge is 2.15. The first kappa shape index (κ1) is 20.4. The van der Waals surface area contributed by atoms with Gasteiger partial charge in [-0.15, -0.1) is 0 Å². The van der Waals surface area contributed by atoms with E-state index in [1.165, 1.54) is 30.5 Å². The smallest absolute Gasteiger partial charge is 0.235 e. The molecule has 0 saturated heterocycles. The third kappa shape index (κ3) is 4.07. The monoisotopic (exact) mass is 421 g/mol. The zero-order valence-corrected chi connectivity index (χ0v) is 17.3. The van der Waals surface area contributed by atoms with Crippen LogP contribution in [0.15, 0.2) is 64.0 Å². The second-order valence-corrected chi connectivity index (χ2v) is 7.20. The van der Waals surface area contributed by atoms with Crippen molar-refractivity contribution in [3.8, 4) is 17.2 Å². The van der Waals surface area contributed by atoms with Gasteiger partial charge >= 0.3 is 0 Å². The number of carbonyl (C=O) groups is 1. The van der Waals surface area contributed by atoms with Crippen molar-refractivity contribution in [1.82, 2.24) is 4.57 Å². The van der Waals surface area contributed by atoms with Gasteiger partial charge in [0.05, 0.1) is 5.39 Å². The van der Waals surface area contributed by atoms with Crippen LogP contribution in [0.1, 0.15) is 21.7 Å². The molecular weight excluding hydrogens is 401 g/mol. The van der Waals surface area contributed by atoms with Crippen LogP contribution in [0.5, 0.6) is 17.2 Å². The normalized spacial score (nSPS) is 11.0. The molecule has 158 valence electrons. The zero-order chi connectivity index (χ0) is 22.1. The Bertz CT molecular complexity index is 1330. The van der Waals surface area contributed by atoms with E-state index in [0.717, 1.165) is 11.4 Å². The van der Waals surface area contributed by atoms with E-state index >= 15 is 0 Å². The van der Waals surface area contributed by atoms with Gasteiger partial charge in [0.15, 0.2) is 6.61 Å². The van der Waals surface area contributed by atoms with E-state index in [2.05, 4.69) is 0 Å². The summed E-state index contributed by atoms with van der Waals surface area (Å²) in [5.74, 6) is 0.171. The molecule has 0 saturated carbocycles. The molecule has 0 fully saturated rings. The van der Waals surface area contributed by atoms with E-state index in [9.17, 15) is 14.0 Å². The summed E-state index contributed by atoms with van der Waals surface area (Å²) in [5.41, 5.74) is 2.42. The molecule has 0 unspecified atom stereocenters. The van der Waals surface area contributed by atoms with Crippen LogP contribution in [0.2, 0.25) is 0 Å². The van der Waals surface area contributed by atoms with Crippen LogP contribution in [-0.4, -0.2) is 17.0 Å². The fourth-order valence-corrected chi connectivity index (χ4v) is 3.25. The van der Waals surface area contributed by atoms with E-state index in [-0.39, 0.29) is 23.6 Å². The maximum Gasteiger partial charge on any atom is 0.235 e. The number of ether oxygens (including phenoxy) is 2. The first-order valence-corrected chi connectivity index (χ1v) is 9.61. The quantitative estimate of drug-likeness (QED) is 0.413. The summed E-state index contributed by atoms with van der Waals surface area (Å²) >= 11 is 0. The van der Waals surface area contributed by atoms with Gasteiger partial charge in [0, 0.05) is 30.1 Å². The summed E-state index contributed by atoms with van der Waals surface area (Å²) in [5, 5.41) is 0.299. The van der Waals surface area contributed by atoms with Gasteiger partial charge in [-0.25, -0.2) is 4.39 Å². The van der Waals surface area contributed by atoms with E-state index in [4.69, 9.17) is 13.9 Å². The molecule has 0 atom stereocenters. The molecule has 0 amide bonds. The number of carbonyl (C=O) groups excluding carboxylic acids is 1. The minimum Gasteiger partial charge on any atom is -0.485 e. The first-order chi connectivity index (χ1) is 14.8. The number of nitrogens with zero attached hydrogens (tertiary/aromatic N) is 1. The predicted molar refractivity (Wildman–Crippen MR) is 114 cm³/mol. The van der Waals surface area contributed by atoms with E-state index in [1.54, 1.807) is 18.2 Å². The Kier molecular flexibility index (Phi) is 5.33. The van der Waals surface area contributed by atoms with E-state index in [1.807, 2.05) is 31.5 Å². The van der Waals surface area contributed by atoms with Crippen molar-refractivity contribution in [2.75, 3.05) is 6.61 Å². The van der Waals surface area contributed by atoms with Gasteiger partial charge in [-0.05, 0) is 56.3 Å². The van der Waals surface area contributed by atoms with Crippen LogP contribution < -0.4 is 14.9 Å². The number of hydrogen-bond acceptors (Lipinski definition) is 5. The van der Waals surface area contributed by atoms with Gasteiger partial charge in [-0.1, -0.05) is 0 Å². The lowest BCUT2D eigenvalue weighted by Gasteiger charge is -2.08. The van der Waals surface area contributed by atoms with Gasteiger partial charge < -0.3 is 18.5 Å². The van der Waals surface area contributed by atoms with E-state index in [0.29, 0.717) is 28.0 Å². The number of rotatable bonds is 6. The molecule has 0 bridgehead atoms. The van der Waals surface area contributed by atoms with Crippen LogP contribution >= 0.6 is 0 Å². The summed E-state index contributed by atoms with van der Waals surface area (Å²) in [6.07, 6.45) is 1.19. The third-order valence-corrected chi connectivity index (χ3v) is 5.20. The van der Waals surface area contributed by atoms with Gasteiger partial charge in [0.1, 0.15) is 29.2 Å². The average molecular weight is 421 g/mol. The predicted octanol–water partition coefficient (Wildman–Crippen LogP) is 4.94. The number of aryl methyl sites for hydroxylation is 1. The Morgan fingerprint density at radius 3 is 2.45 bits per heavy atom. The van der Waals surface area contributed by atoms with Crippen molar-refractivity contribution < 1.29 is 23.1 Å². The van der Waals surface area contributed by atoms with E-state index < -0.39 is 5.82 Å². The summed E-state index contributed by atoms with van der Waals surface area (Å²) in [4.78, 5) is 25.2. The lowest BCUT2D eigenvalue weighted by Crippen LogP contribution is -2.12. The fraction of sp³-hybridized carbons (Fsp3) is 0.167. The molecule has 0 aliphatic carbocycles. The van der Waals surface area contributed by atoms with Crippen molar-refractivity contribution in [1.29, 1.82) is 0 Å². The Balaban J connectivity index is 1.51. The van der Waals surface area contributed by atoms with Gasteiger partial charge in [0.25, 0.3) is 0 Å². The Morgan fingerprint density at radius 2 is 1.77 bits per heavy atom. The van der Waals surface area contributed by atoms with Crippen LogP contribution in [0.3, 0.4) is 0 Å². The molecule has 0 aliphatic rings. The summed E-state index contributed by atoms with van der Waals surface area (Å²) in [6, 6.07) is 11.8. The molecule has 2 aromatic heterocycles. The molecular formula is C24H20FNO5. The standard InChI is InChI=1S/C24H20FNO5/c1-14-10-20(15(2)26(14)3)21(27)12-29-18-8-9-19-22(11-18)30-13-23(24(19)28)31-17-6-4-16(25)5-7-17/h4-11,13H,12H2,1-3H3. The molecule has 0 spiro atoms. The number of halogens is 1. The number of fused-ring (bicyclic) bond motifs is 1. The van der Waals surface area contributed by atoms with Crippen molar-refractivity contribution in [2.45, 2.75) is 13.8 Å². The second kappa shape index (κ2) is 8.10. The maximum absolute atomic E-state index is 13.0. The topological polar surface area (TPSA) is 70.7 Å². The van der Waals surface area contributed by atoms with Crippen molar-refractivity contribution in [3.05, 3.63) is 87.8 Å². The fourth-order valence-electron chi connectivity index (χ4n) is 3.25. The molecule has 2 heterocycles. The minimum absolute atomic E-state index is 0.0159. The van der Waals surface area contributed by atoms with Gasteiger partial charge in [-0.3, -0.25) is 9.59 Å². The van der Waals surface area contributed by atoms with Crippen molar-refractivity contribution in [3.63, 3.8) is 0 Å². The Hall–Kier alpha value is -3.87. The van der Waals surface area contributed by atoms with Crippen LogP contribution in [0.4, 0.5) is 4.39 Å². The largest absolute Gasteiger partial charge is 0.485 e. The summed E-state index contributed by atoms with van der Waals surface area (Å²) in [6.45, 7) is 3.69. The molecule has 31 heavy (non-hydrogen) atoms. The van der Waals surface area contributed by atoms with Crippen molar-refractivity contribution in [2.24, 2.45) is 7.05 Å². The van der Waals surface area contributed by atoms with Gasteiger partial charge in [0.2, 0.25) is 17.0 Å². The molecule has 0 N–H and O–H groups in total. The molecule has 4 rings (SSSR count). The number of aromatic nitrogens is 1. The number of benzene rings is 2. The highest BCUT2D eigenvalue weighted by molar-refractivity contribution is 5.98. The highest BCUT2D eigenvalue weighted by Crippen LogP contribution is 2.24. The third-order valence-electron chi connectivity index (χ3n) is 5.20. The average Bonchev–Trinajstić information content (AvgIpc) is 3.03. The maximum atomic E-state index is 13.0.